The van der Waals surface area contributed by atoms with Crippen LogP contribution in [0.4, 0.5) is 5.69 Å². The lowest BCUT2D eigenvalue weighted by Crippen LogP contribution is -2.08. The lowest BCUT2D eigenvalue weighted by atomic mass is 10.00. The van der Waals surface area contributed by atoms with Crippen LogP contribution in [0, 0.1) is 0 Å². The van der Waals surface area contributed by atoms with Crippen molar-refractivity contribution in [2.45, 2.75) is 32.3 Å². The highest BCUT2D eigenvalue weighted by atomic mass is 16.3. The number of benzene rings is 1. The van der Waals surface area contributed by atoms with E-state index in [0.717, 1.165) is 42.0 Å². The van der Waals surface area contributed by atoms with E-state index in [1.54, 1.807) is 0 Å². The molecule has 0 radical (unpaired) electrons. The van der Waals surface area contributed by atoms with E-state index < -0.39 is 6.10 Å². The van der Waals surface area contributed by atoms with Crippen LogP contribution >= 0.6 is 0 Å². The lowest BCUT2D eigenvalue weighted by Gasteiger charge is -2.15. The van der Waals surface area contributed by atoms with Gasteiger partial charge in [0.2, 0.25) is 0 Å². The van der Waals surface area contributed by atoms with Crippen molar-refractivity contribution >= 4 is 5.69 Å². The third-order valence-electron chi connectivity index (χ3n) is 4.03. The molecule has 0 saturated carbocycles. The van der Waals surface area contributed by atoms with Gasteiger partial charge in [-0.15, -0.1) is 0 Å². The molecule has 20 heavy (non-hydrogen) atoms. The van der Waals surface area contributed by atoms with Crippen molar-refractivity contribution in [3.05, 3.63) is 46.8 Å². The smallest absolute Gasteiger partial charge is 0.0865 e. The lowest BCUT2D eigenvalue weighted by molar-refractivity contribution is 0.176. The number of aryl methyl sites for hydroxylation is 2. The summed E-state index contributed by atoms with van der Waals surface area (Å²) in [6, 6.07) is 8.26. The van der Waals surface area contributed by atoms with Gasteiger partial charge in [-0.25, -0.2) is 0 Å². The summed E-state index contributed by atoms with van der Waals surface area (Å²) in [5.74, 6) is 0. The van der Waals surface area contributed by atoms with Crippen molar-refractivity contribution in [2.24, 2.45) is 7.05 Å². The predicted octanol–water partition coefficient (Wildman–Crippen LogP) is 2.23. The number of anilines is 1. The van der Waals surface area contributed by atoms with Crippen molar-refractivity contribution < 1.29 is 5.11 Å². The number of aliphatic hydroxyl groups is 1. The number of rotatable bonds is 4. The fraction of sp³-hybridized carbons (Fsp3) is 0.438. The summed E-state index contributed by atoms with van der Waals surface area (Å²) in [7, 11) is 1.94. The number of hydrogen-bond donors (Lipinski definition) is 2. The summed E-state index contributed by atoms with van der Waals surface area (Å²) < 4.78 is 1.87. The highest BCUT2D eigenvalue weighted by Gasteiger charge is 2.20. The average Bonchev–Trinajstić information content (AvgIpc) is 3.05. The Balaban J connectivity index is 1.84. The molecule has 1 aliphatic rings. The first kappa shape index (κ1) is 13.2. The van der Waals surface area contributed by atoms with Gasteiger partial charge >= 0.3 is 0 Å². The molecule has 106 valence electrons. The topological polar surface area (TPSA) is 50.1 Å². The molecule has 2 aromatic rings. The third-order valence-corrected chi connectivity index (χ3v) is 4.03. The molecule has 1 atom stereocenters. The zero-order valence-corrected chi connectivity index (χ0v) is 12.1. The minimum atomic E-state index is -0.490. The molecule has 4 nitrogen and oxygen atoms in total. The van der Waals surface area contributed by atoms with Gasteiger partial charge in [0.25, 0.3) is 0 Å². The second kappa shape index (κ2) is 5.29. The summed E-state index contributed by atoms with van der Waals surface area (Å²) in [4.78, 5) is 0. The number of nitrogens with one attached hydrogen (secondary N) is 1. The fourth-order valence-corrected chi connectivity index (χ4v) is 2.89. The van der Waals surface area contributed by atoms with Crippen molar-refractivity contribution in [1.29, 1.82) is 0 Å². The number of aromatic nitrogens is 2. The van der Waals surface area contributed by atoms with Gasteiger partial charge in [0.05, 0.1) is 11.8 Å². The Kier molecular flexibility index (Phi) is 3.49. The predicted molar refractivity (Wildman–Crippen MR) is 79.9 cm³/mol. The first-order valence-corrected chi connectivity index (χ1v) is 7.24. The second-order valence-corrected chi connectivity index (χ2v) is 5.38. The number of nitrogens with zero attached hydrogens (tertiary/aromatic N) is 2. The maximum Gasteiger partial charge on any atom is 0.0865 e. The summed E-state index contributed by atoms with van der Waals surface area (Å²) in [5.41, 5.74) is 5.58. The Morgan fingerprint density at radius 2 is 2.30 bits per heavy atom. The molecule has 0 spiro atoms. The van der Waals surface area contributed by atoms with Gasteiger partial charge in [-0.2, -0.15) is 5.10 Å². The quantitative estimate of drug-likeness (QED) is 0.896. The molecule has 1 aromatic heterocycles. The van der Waals surface area contributed by atoms with E-state index in [4.69, 9.17) is 0 Å². The summed E-state index contributed by atoms with van der Waals surface area (Å²) in [6.07, 6.45) is 2.07. The van der Waals surface area contributed by atoms with Crippen LogP contribution in [0.15, 0.2) is 24.3 Å². The normalized spacial score (nSPS) is 14.9. The fourth-order valence-electron chi connectivity index (χ4n) is 2.89. The first-order chi connectivity index (χ1) is 9.69. The molecular formula is C16H21N3O. The Morgan fingerprint density at radius 1 is 1.45 bits per heavy atom. The summed E-state index contributed by atoms with van der Waals surface area (Å²) >= 11 is 0. The molecule has 0 fully saturated rings. The summed E-state index contributed by atoms with van der Waals surface area (Å²) in [6.45, 7) is 3.06. The standard InChI is InChI=1S/C16H21N3O/c1-3-12-9-13(19(2)18-12)10-15(20)14-6-4-5-11-7-8-17-16(11)14/h4-6,9,15,17,20H,3,7-8,10H2,1-2H3. The van der Waals surface area contributed by atoms with Crippen molar-refractivity contribution in [3.8, 4) is 0 Å². The van der Waals surface area contributed by atoms with Crippen LogP contribution in [0.3, 0.4) is 0 Å². The Morgan fingerprint density at radius 3 is 3.05 bits per heavy atom. The molecule has 1 aromatic carbocycles. The van der Waals surface area contributed by atoms with Crippen LogP contribution < -0.4 is 5.32 Å². The largest absolute Gasteiger partial charge is 0.388 e. The molecule has 0 saturated heterocycles. The average molecular weight is 271 g/mol. The molecule has 1 unspecified atom stereocenters. The molecule has 1 aliphatic heterocycles. The van der Waals surface area contributed by atoms with E-state index in [0.29, 0.717) is 6.42 Å². The second-order valence-electron chi connectivity index (χ2n) is 5.38. The van der Waals surface area contributed by atoms with Crippen LogP contribution in [0.25, 0.3) is 0 Å². The number of hydrogen-bond acceptors (Lipinski definition) is 3. The highest BCUT2D eigenvalue weighted by molar-refractivity contribution is 5.62. The maximum absolute atomic E-state index is 10.6. The van der Waals surface area contributed by atoms with Crippen LogP contribution in [-0.2, 0) is 26.3 Å². The Hall–Kier alpha value is -1.81. The van der Waals surface area contributed by atoms with Crippen molar-refractivity contribution in [1.82, 2.24) is 9.78 Å². The van der Waals surface area contributed by atoms with E-state index in [9.17, 15) is 5.11 Å². The van der Waals surface area contributed by atoms with Gasteiger partial charge in [0, 0.05) is 37.0 Å². The number of aliphatic hydroxyl groups excluding tert-OH is 1. The SMILES string of the molecule is CCc1cc(CC(O)c2cccc3c2NCC3)n(C)n1. The molecule has 3 rings (SSSR count). The van der Waals surface area contributed by atoms with Crippen LogP contribution in [-0.4, -0.2) is 21.4 Å². The van der Waals surface area contributed by atoms with Gasteiger partial charge < -0.3 is 10.4 Å². The number of para-hydroxylation sites is 1. The van der Waals surface area contributed by atoms with E-state index in [1.807, 2.05) is 23.9 Å². The van der Waals surface area contributed by atoms with Crippen LogP contribution in [0.1, 0.15) is 35.5 Å². The zero-order chi connectivity index (χ0) is 14.1. The number of fused-ring (bicyclic) bond motifs is 1. The molecule has 2 heterocycles. The Labute approximate surface area is 119 Å². The summed E-state index contributed by atoms with van der Waals surface area (Å²) in [5, 5.41) is 18.4. The van der Waals surface area contributed by atoms with Gasteiger partial charge in [-0.3, -0.25) is 4.68 Å². The van der Waals surface area contributed by atoms with Crippen molar-refractivity contribution in [3.63, 3.8) is 0 Å². The van der Waals surface area contributed by atoms with Gasteiger partial charge in [0.1, 0.15) is 0 Å². The zero-order valence-electron chi connectivity index (χ0n) is 12.1. The van der Waals surface area contributed by atoms with E-state index >= 15 is 0 Å². The molecule has 0 aliphatic carbocycles. The van der Waals surface area contributed by atoms with Gasteiger partial charge in [0.15, 0.2) is 0 Å². The van der Waals surface area contributed by atoms with Crippen LogP contribution in [0.5, 0.6) is 0 Å². The Bertz CT molecular complexity index is 618. The molecule has 0 amide bonds. The maximum atomic E-state index is 10.6. The van der Waals surface area contributed by atoms with E-state index in [2.05, 4.69) is 29.5 Å². The molecular weight excluding hydrogens is 250 g/mol. The third kappa shape index (κ3) is 2.31. The van der Waals surface area contributed by atoms with Crippen molar-refractivity contribution in [2.75, 3.05) is 11.9 Å². The molecule has 2 N–H and O–H groups in total. The van der Waals surface area contributed by atoms with E-state index in [-0.39, 0.29) is 0 Å². The molecule has 0 bridgehead atoms. The highest BCUT2D eigenvalue weighted by Crippen LogP contribution is 2.32. The monoisotopic (exact) mass is 271 g/mol. The van der Waals surface area contributed by atoms with Crippen LogP contribution in [0.2, 0.25) is 0 Å². The van der Waals surface area contributed by atoms with Gasteiger partial charge in [-0.05, 0) is 24.5 Å². The molecule has 4 heteroatoms. The minimum absolute atomic E-state index is 0.490. The van der Waals surface area contributed by atoms with E-state index in [1.165, 1.54) is 5.56 Å². The first-order valence-electron chi connectivity index (χ1n) is 7.24. The minimum Gasteiger partial charge on any atom is -0.388 e. The van der Waals surface area contributed by atoms with Gasteiger partial charge in [-0.1, -0.05) is 25.1 Å².